The topological polar surface area (TPSA) is 64.2 Å². The summed E-state index contributed by atoms with van der Waals surface area (Å²) in [5, 5.41) is 0. The van der Waals surface area contributed by atoms with Gasteiger partial charge in [0.05, 0.1) is 29.0 Å². The van der Waals surface area contributed by atoms with Crippen LogP contribution in [0.25, 0.3) is 11.4 Å². The molecule has 0 amide bonds. The van der Waals surface area contributed by atoms with Crippen LogP contribution in [0.5, 0.6) is 11.5 Å². The van der Waals surface area contributed by atoms with E-state index >= 15 is 0 Å². The molecule has 0 fully saturated rings. The van der Waals surface area contributed by atoms with E-state index in [1.165, 1.54) is 0 Å². The predicted molar refractivity (Wildman–Crippen MR) is 80.9 cm³/mol. The van der Waals surface area contributed by atoms with Crippen LogP contribution in [0, 0.1) is 10.5 Å². The fourth-order valence-electron chi connectivity index (χ4n) is 1.77. The molecule has 1 aromatic carbocycles. The smallest absolute Gasteiger partial charge is 0.264 e. The Morgan fingerprint density at radius 2 is 2.00 bits per heavy atom. The summed E-state index contributed by atoms with van der Waals surface area (Å²) in [6.45, 7) is 1.80. The van der Waals surface area contributed by atoms with Crippen molar-refractivity contribution in [2.24, 2.45) is 0 Å². The van der Waals surface area contributed by atoms with Gasteiger partial charge < -0.3 is 14.5 Å². The summed E-state index contributed by atoms with van der Waals surface area (Å²) in [7, 11) is 3.12. The van der Waals surface area contributed by atoms with Crippen LogP contribution in [0.15, 0.2) is 23.0 Å². The summed E-state index contributed by atoms with van der Waals surface area (Å²) in [4.78, 5) is 19.0. The van der Waals surface area contributed by atoms with E-state index < -0.39 is 0 Å². The molecule has 0 saturated heterocycles. The average Bonchev–Trinajstić information content (AvgIpc) is 2.43. The van der Waals surface area contributed by atoms with Crippen molar-refractivity contribution in [3.8, 4) is 22.9 Å². The third-order valence-corrected chi connectivity index (χ3v) is 3.96. The van der Waals surface area contributed by atoms with E-state index in [0.29, 0.717) is 32.2 Å². The van der Waals surface area contributed by atoms with Crippen molar-refractivity contribution in [3.63, 3.8) is 0 Å². The quantitative estimate of drug-likeness (QED) is 0.841. The lowest BCUT2D eigenvalue weighted by atomic mass is 10.1. The number of hydrogen-bond donors (Lipinski definition) is 1. The van der Waals surface area contributed by atoms with Crippen LogP contribution in [0.3, 0.4) is 0 Å². The van der Waals surface area contributed by atoms with Crippen LogP contribution in [0.1, 0.15) is 5.69 Å². The predicted octanol–water partition coefficient (Wildman–Crippen LogP) is 2.37. The molecule has 5 nitrogen and oxygen atoms in total. The highest BCUT2D eigenvalue weighted by molar-refractivity contribution is 14.1. The molecule has 0 saturated carbocycles. The molecule has 100 valence electrons. The highest BCUT2D eigenvalue weighted by atomic mass is 127. The summed E-state index contributed by atoms with van der Waals surface area (Å²) in [5.41, 5.74) is 1.22. The number of halogens is 1. The number of methoxy groups -OCH3 is 2. The third-order valence-electron chi connectivity index (χ3n) is 2.69. The van der Waals surface area contributed by atoms with Gasteiger partial charge in [-0.25, -0.2) is 4.98 Å². The number of aryl methyl sites for hydroxylation is 1. The highest BCUT2D eigenvalue weighted by Crippen LogP contribution is 2.35. The Bertz CT molecular complexity index is 667. The van der Waals surface area contributed by atoms with Crippen molar-refractivity contribution in [1.29, 1.82) is 0 Å². The molecule has 6 heteroatoms. The Morgan fingerprint density at radius 3 is 2.58 bits per heavy atom. The molecule has 0 aliphatic rings. The first-order valence-electron chi connectivity index (χ1n) is 5.56. The van der Waals surface area contributed by atoms with Crippen LogP contribution in [-0.4, -0.2) is 24.2 Å². The minimum absolute atomic E-state index is 0.159. The van der Waals surface area contributed by atoms with Crippen molar-refractivity contribution in [2.75, 3.05) is 14.2 Å². The van der Waals surface area contributed by atoms with Crippen molar-refractivity contribution < 1.29 is 9.47 Å². The monoisotopic (exact) mass is 372 g/mol. The molecule has 0 aliphatic carbocycles. The summed E-state index contributed by atoms with van der Waals surface area (Å²) in [5.74, 6) is 1.62. The maximum Gasteiger partial charge on any atom is 0.264 e. The first-order valence-corrected chi connectivity index (χ1v) is 6.64. The second-order valence-corrected chi connectivity index (χ2v) is 4.93. The molecule has 0 spiro atoms. The van der Waals surface area contributed by atoms with Gasteiger partial charge in [-0.1, -0.05) is 6.07 Å². The van der Waals surface area contributed by atoms with E-state index in [4.69, 9.17) is 9.47 Å². The van der Waals surface area contributed by atoms with Gasteiger partial charge in [-0.3, -0.25) is 4.79 Å². The van der Waals surface area contributed by atoms with Crippen molar-refractivity contribution in [1.82, 2.24) is 9.97 Å². The SMILES string of the molecule is COc1cccc(-c2nc(C)c(I)c(=O)[nH]2)c1OC. The zero-order chi connectivity index (χ0) is 14.0. The summed E-state index contributed by atoms with van der Waals surface area (Å²) < 4.78 is 11.2. The van der Waals surface area contributed by atoms with E-state index in [1.807, 2.05) is 34.7 Å². The number of nitrogens with zero attached hydrogens (tertiary/aromatic N) is 1. The zero-order valence-corrected chi connectivity index (χ0v) is 12.9. The van der Waals surface area contributed by atoms with Crippen molar-refractivity contribution >= 4 is 22.6 Å². The van der Waals surface area contributed by atoms with E-state index in [0.717, 1.165) is 0 Å². The Morgan fingerprint density at radius 1 is 1.26 bits per heavy atom. The van der Waals surface area contributed by atoms with Crippen LogP contribution < -0.4 is 15.0 Å². The maximum absolute atomic E-state index is 11.8. The second kappa shape index (κ2) is 5.60. The van der Waals surface area contributed by atoms with E-state index in [-0.39, 0.29) is 5.56 Å². The Balaban J connectivity index is 2.69. The van der Waals surface area contributed by atoms with Gasteiger partial charge in [-0.05, 0) is 41.6 Å². The van der Waals surface area contributed by atoms with Crippen molar-refractivity contribution in [2.45, 2.75) is 6.92 Å². The number of aromatic nitrogens is 2. The summed E-state index contributed by atoms with van der Waals surface area (Å²) >= 11 is 1.97. The lowest BCUT2D eigenvalue weighted by Gasteiger charge is -2.12. The first kappa shape index (κ1) is 13.9. The molecule has 0 bridgehead atoms. The van der Waals surface area contributed by atoms with Gasteiger partial charge in [0, 0.05) is 0 Å². The number of nitrogens with one attached hydrogen (secondary N) is 1. The summed E-state index contributed by atoms with van der Waals surface area (Å²) in [6, 6.07) is 5.44. The van der Waals surface area contributed by atoms with Crippen LogP contribution in [0.2, 0.25) is 0 Å². The zero-order valence-electron chi connectivity index (χ0n) is 10.8. The fraction of sp³-hybridized carbons (Fsp3) is 0.231. The Hall–Kier alpha value is -1.57. The average molecular weight is 372 g/mol. The molecular weight excluding hydrogens is 359 g/mol. The number of hydrogen-bond acceptors (Lipinski definition) is 4. The minimum atomic E-state index is -0.159. The second-order valence-electron chi connectivity index (χ2n) is 3.86. The van der Waals surface area contributed by atoms with Gasteiger partial charge in [0.1, 0.15) is 5.82 Å². The highest BCUT2D eigenvalue weighted by Gasteiger charge is 2.14. The molecule has 2 rings (SSSR count). The van der Waals surface area contributed by atoms with Crippen LogP contribution in [-0.2, 0) is 0 Å². The standard InChI is InChI=1S/C13H13IN2O3/c1-7-10(14)13(17)16-12(15-7)8-5-4-6-9(18-2)11(8)19-3/h4-6H,1-3H3,(H,15,16,17). The number of H-pyrrole nitrogens is 1. The molecule has 19 heavy (non-hydrogen) atoms. The number of benzene rings is 1. The molecule has 1 heterocycles. The third kappa shape index (κ3) is 2.58. The Kier molecular flexibility index (Phi) is 4.08. The molecule has 0 aliphatic heterocycles. The van der Waals surface area contributed by atoms with Gasteiger partial charge >= 0.3 is 0 Å². The molecule has 0 unspecified atom stereocenters. The molecule has 1 aromatic heterocycles. The molecule has 1 N–H and O–H groups in total. The summed E-state index contributed by atoms with van der Waals surface area (Å²) in [6.07, 6.45) is 0. The van der Waals surface area contributed by atoms with Gasteiger partial charge in [0.15, 0.2) is 11.5 Å². The van der Waals surface area contributed by atoms with Crippen LogP contribution in [0.4, 0.5) is 0 Å². The molecule has 0 radical (unpaired) electrons. The molecular formula is C13H13IN2O3. The van der Waals surface area contributed by atoms with Gasteiger partial charge in [0.2, 0.25) is 0 Å². The van der Waals surface area contributed by atoms with E-state index in [1.54, 1.807) is 27.2 Å². The van der Waals surface area contributed by atoms with E-state index in [2.05, 4.69) is 9.97 Å². The minimum Gasteiger partial charge on any atom is -0.493 e. The number of rotatable bonds is 3. The van der Waals surface area contributed by atoms with Crippen LogP contribution >= 0.6 is 22.6 Å². The van der Waals surface area contributed by atoms with Gasteiger partial charge in [-0.2, -0.15) is 0 Å². The largest absolute Gasteiger partial charge is 0.493 e. The number of para-hydroxylation sites is 1. The van der Waals surface area contributed by atoms with Gasteiger partial charge in [0.25, 0.3) is 5.56 Å². The Labute approximate surface area is 124 Å². The lowest BCUT2D eigenvalue weighted by Crippen LogP contribution is -2.14. The number of aromatic amines is 1. The first-order chi connectivity index (χ1) is 9.08. The van der Waals surface area contributed by atoms with Gasteiger partial charge in [-0.15, -0.1) is 0 Å². The number of ether oxygens (including phenoxy) is 2. The molecule has 2 aromatic rings. The van der Waals surface area contributed by atoms with E-state index in [9.17, 15) is 4.79 Å². The lowest BCUT2D eigenvalue weighted by molar-refractivity contribution is 0.356. The molecule has 0 atom stereocenters. The maximum atomic E-state index is 11.8. The fourth-order valence-corrected chi connectivity index (χ4v) is 2.03. The normalized spacial score (nSPS) is 10.3. The van der Waals surface area contributed by atoms with Crippen molar-refractivity contribution in [3.05, 3.63) is 37.8 Å².